The molecule has 0 saturated carbocycles. The van der Waals surface area contributed by atoms with Crippen molar-refractivity contribution in [1.82, 2.24) is 25.1 Å². The molecule has 1 saturated heterocycles. The van der Waals surface area contributed by atoms with Crippen LogP contribution >= 0.6 is 11.3 Å². The zero-order chi connectivity index (χ0) is 19.5. The highest BCUT2D eigenvalue weighted by atomic mass is 32.1. The molecule has 0 bridgehead atoms. The summed E-state index contributed by atoms with van der Waals surface area (Å²) >= 11 is 1.51. The molecule has 7 nitrogen and oxygen atoms in total. The maximum Gasteiger partial charge on any atom is 0.228 e. The van der Waals surface area contributed by atoms with Crippen LogP contribution in [0.25, 0.3) is 21.5 Å². The molecule has 3 aromatic rings. The topological polar surface area (TPSA) is 83.9 Å². The van der Waals surface area contributed by atoms with Gasteiger partial charge in [0.1, 0.15) is 22.5 Å². The Hall–Kier alpha value is -2.52. The Morgan fingerprint density at radius 2 is 2.07 bits per heavy atom. The molecule has 9 heteroatoms. The number of fused-ring (bicyclic) bond motifs is 1. The number of nitrogens with zero attached hydrogens (tertiary/aromatic N) is 5. The minimum atomic E-state index is -0.343. The van der Waals surface area contributed by atoms with Crippen LogP contribution in [0.3, 0.4) is 0 Å². The second-order valence-corrected chi connectivity index (χ2v) is 8.09. The summed E-state index contributed by atoms with van der Waals surface area (Å²) in [6, 6.07) is 3.81. The standard InChI is InChI=1S/C19H21FN6OS/c1-12-24-25-19(28-12)15-8-14-9-17(22-11-16(14)21-10-15)23-18(27)13-2-5-26(6-3-13)7-4-20/h8-11,13H,2-7H2,1H3,(H,22,23,27). The number of aryl methyl sites for hydroxylation is 1. The summed E-state index contributed by atoms with van der Waals surface area (Å²) in [4.78, 5) is 23.4. The molecule has 3 aromatic heterocycles. The Morgan fingerprint density at radius 3 is 2.79 bits per heavy atom. The van der Waals surface area contributed by atoms with E-state index in [-0.39, 0.29) is 18.5 Å². The molecule has 0 spiro atoms. The van der Waals surface area contributed by atoms with E-state index in [1.165, 1.54) is 11.3 Å². The molecule has 28 heavy (non-hydrogen) atoms. The first-order valence-electron chi connectivity index (χ1n) is 9.28. The molecular weight excluding hydrogens is 379 g/mol. The van der Waals surface area contributed by atoms with Crippen molar-refractivity contribution in [3.63, 3.8) is 0 Å². The van der Waals surface area contributed by atoms with Crippen molar-refractivity contribution in [2.45, 2.75) is 19.8 Å². The number of piperidine rings is 1. The normalized spacial score (nSPS) is 15.8. The van der Waals surface area contributed by atoms with Gasteiger partial charge in [-0.05, 0) is 45.0 Å². The molecule has 1 aliphatic rings. The van der Waals surface area contributed by atoms with E-state index in [0.29, 0.717) is 12.4 Å². The van der Waals surface area contributed by atoms with Crippen LogP contribution in [-0.4, -0.2) is 57.3 Å². The lowest BCUT2D eigenvalue weighted by atomic mass is 9.96. The number of carbonyl (C=O) groups excluding carboxylic acids is 1. The van der Waals surface area contributed by atoms with Crippen molar-refractivity contribution in [3.8, 4) is 10.6 Å². The molecule has 1 fully saturated rings. The van der Waals surface area contributed by atoms with Gasteiger partial charge in [0, 0.05) is 29.6 Å². The van der Waals surface area contributed by atoms with Crippen LogP contribution < -0.4 is 5.32 Å². The highest BCUT2D eigenvalue weighted by molar-refractivity contribution is 7.14. The Morgan fingerprint density at radius 1 is 1.25 bits per heavy atom. The zero-order valence-corrected chi connectivity index (χ0v) is 16.4. The summed E-state index contributed by atoms with van der Waals surface area (Å²) in [6.07, 6.45) is 4.89. The summed E-state index contributed by atoms with van der Waals surface area (Å²) in [7, 11) is 0. The molecule has 1 amide bonds. The van der Waals surface area contributed by atoms with Gasteiger partial charge in [0.25, 0.3) is 0 Å². The van der Waals surface area contributed by atoms with Crippen molar-refractivity contribution in [2.24, 2.45) is 5.92 Å². The first-order chi connectivity index (χ1) is 13.6. The number of nitrogens with one attached hydrogen (secondary N) is 1. The van der Waals surface area contributed by atoms with Gasteiger partial charge in [-0.15, -0.1) is 10.2 Å². The second-order valence-electron chi connectivity index (χ2n) is 6.91. The molecule has 0 aliphatic carbocycles. The van der Waals surface area contributed by atoms with Crippen LogP contribution in [0, 0.1) is 12.8 Å². The minimum absolute atomic E-state index is 0.0318. The summed E-state index contributed by atoms with van der Waals surface area (Å²) in [6.45, 7) is 3.52. The zero-order valence-electron chi connectivity index (χ0n) is 15.6. The number of likely N-dealkylation sites (tertiary alicyclic amines) is 1. The molecule has 0 unspecified atom stereocenters. The highest BCUT2D eigenvalue weighted by Gasteiger charge is 2.25. The predicted molar refractivity (Wildman–Crippen MR) is 107 cm³/mol. The van der Waals surface area contributed by atoms with Crippen LogP contribution in [0.1, 0.15) is 17.8 Å². The van der Waals surface area contributed by atoms with Gasteiger partial charge in [0.15, 0.2) is 0 Å². The van der Waals surface area contributed by atoms with E-state index in [1.807, 2.05) is 19.1 Å². The van der Waals surface area contributed by atoms with Gasteiger partial charge in [-0.1, -0.05) is 11.3 Å². The fourth-order valence-corrected chi connectivity index (χ4v) is 4.07. The second kappa shape index (κ2) is 8.24. The lowest BCUT2D eigenvalue weighted by Gasteiger charge is -2.30. The average molecular weight is 400 g/mol. The van der Waals surface area contributed by atoms with E-state index >= 15 is 0 Å². The number of carbonyl (C=O) groups is 1. The third-order valence-electron chi connectivity index (χ3n) is 4.95. The van der Waals surface area contributed by atoms with Gasteiger partial charge in [-0.25, -0.2) is 9.37 Å². The predicted octanol–water partition coefficient (Wildman–Crippen LogP) is 3.08. The van der Waals surface area contributed by atoms with Crippen LogP contribution in [0.5, 0.6) is 0 Å². The number of amides is 1. The number of halogens is 1. The van der Waals surface area contributed by atoms with Gasteiger partial charge in [-0.2, -0.15) is 0 Å². The lowest BCUT2D eigenvalue weighted by Crippen LogP contribution is -2.39. The van der Waals surface area contributed by atoms with E-state index in [2.05, 4.69) is 30.4 Å². The molecule has 0 atom stereocenters. The van der Waals surface area contributed by atoms with Crippen molar-refractivity contribution in [1.29, 1.82) is 0 Å². The van der Waals surface area contributed by atoms with Gasteiger partial charge in [-0.3, -0.25) is 9.78 Å². The molecule has 146 valence electrons. The van der Waals surface area contributed by atoms with E-state index in [0.717, 1.165) is 52.4 Å². The van der Waals surface area contributed by atoms with Gasteiger partial charge >= 0.3 is 0 Å². The number of hydrogen-bond donors (Lipinski definition) is 1. The largest absolute Gasteiger partial charge is 0.310 e. The molecule has 1 N–H and O–H groups in total. The molecule has 0 radical (unpaired) electrons. The molecule has 4 rings (SSSR count). The third kappa shape index (κ3) is 4.15. The van der Waals surface area contributed by atoms with Crippen LogP contribution in [0.4, 0.5) is 10.2 Å². The number of hydrogen-bond acceptors (Lipinski definition) is 7. The Kier molecular flexibility index (Phi) is 5.54. The first-order valence-corrected chi connectivity index (χ1v) is 10.1. The number of pyridine rings is 2. The molecular formula is C19H21FN6OS. The molecule has 0 aromatic carbocycles. The summed E-state index contributed by atoms with van der Waals surface area (Å²) in [5.41, 5.74) is 1.64. The smallest absolute Gasteiger partial charge is 0.228 e. The number of alkyl halides is 1. The van der Waals surface area contributed by atoms with Gasteiger partial charge in [0.2, 0.25) is 5.91 Å². The number of aromatic nitrogens is 4. The Labute approximate surface area is 166 Å². The summed E-state index contributed by atoms with van der Waals surface area (Å²) in [5.74, 6) is 0.411. The fourth-order valence-electron chi connectivity index (χ4n) is 3.40. The van der Waals surface area contributed by atoms with E-state index in [1.54, 1.807) is 12.4 Å². The molecule has 4 heterocycles. The number of anilines is 1. The maximum atomic E-state index is 12.6. The van der Waals surface area contributed by atoms with Crippen LogP contribution in [0.15, 0.2) is 24.5 Å². The fraction of sp³-hybridized carbons (Fsp3) is 0.421. The summed E-state index contributed by atoms with van der Waals surface area (Å²) < 4.78 is 12.4. The Bertz CT molecular complexity index is 985. The van der Waals surface area contributed by atoms with Crippen molar-refractivity contribution >= 4 is 34.0 Å². The van der Waals surface area contributed by atoms with Crippen molar-refractivity contribution in [2.75, 3.05) is 31.6 Å². The monoisotopic (exact) mass is 400 g/mol. The van der Waals surface area contributed by atoms with E-state index in [4.69, 9.17) is 0 Å². The van der Waals surface area contributed by atoms with Crippen LogP contribution in [0.2, 0.25) is 0 Å². The van der Waals surface area contributed by atoms with Gasteiger partial charge in [0.05, 0.1) is 11.7 Å². The minimum Gasteiger partial charge on any atom is -0.310 e. The first kappa shape index (κ1) is 18.8. The quantitative estimate of drug-likeness (QED) is 0.709. The van der Waals surface area contributed by atoms with Crippen LogP contribution in [-0.2, 0) is 4.79 Å². The third-order valence-corrected chi connectivity index (χ3v) is 5.84. The van der Waals surface area contributed by atoms with E-state index < -0.39 is 0 Å². The maximum absolute atomic E-state index is 12.6. The SMILES string of the molecule is Cc1nnc(-c2cnc3cnc(NC(=O)C4CCN(CCF)CC4)cc3c2)s1. The average Bonchev–Trinajstić information content (AvgIpc) is 3.14. The lowest BCUT2D eigenvalue weighted by molar-refractivity contribution is -0.121. The molecule has 1 aliphatic heterocycles. The highest BCUT2D eigenvalue weighted by Crippen LogP contribution is 2.26. The summed E-state index contributed by atoms with van der Waals surface area (Å²) in [5, 5.41) is 13.7. The number of rotatable bonds is 5. The van der Waals surface area contributed by atoms with Crippen molar-refractivity contribution in [3.05, 3.63) is 29.5 Å². The van der Waals surface area contributed by atoms with Gasteiger partial charge < -0.3 is 10.2 Å². The van der Waals surface area contributed by atoms with Crippen molar-refractivity contribution < 1.29 is 9.18 Å². The Balaban J connectivity index is 1.47. The van der Waals surface area contributed by atoms with E-state index in [9.17, 15) is 9.18 Å².